The maximum Gasteiger partial charge on any atom is 0.247 e. The highest BCUT2D eigenvalue weighted by Gasteiger charge is 2.07. The quantitative estimate of drug-likeness (QED) is 0.723. The Kier molecular flexibility index (Phi) is 3.23. The minimum absolute atomic E-state index is 0.235. The highest BCUT2D eigenvalue weighted by atomic mass is 16.1. The molecule has 0 spiro atoms. The fourth-order valence-electron chi connectivity index (χ4n) is 2.13. The molecule has 0 bridgehead atoms. The van der Waals surface area contributed by atoms with Gasteiger partial charge in [0.1, 0.15) is 5.52 Å². The number of amides is 1. The number of fused-ring (bicyclic) bond motifs is 1. The van der Waals surface area contributed by atoms with Gasteiger partial charge in [0.05, 0.1) is 16.9 Å². The van der Waals surface area contributed by atoms with Gasteiger partial charge in [-0.05, 0) is 37.3 Å². The zero-order valence-electron chi connectivity index (χ0n) is 11.6. The summed E-state index contributed by atoms with van der Waals surface area (Å²) in [5.74, 6) is -0.235. The van der Waals surface area contributed by atoms with Crippen LogP contribution in [0.1, 0.15) is 5.69 Å². The van der Waals surface area contributed by atoms with Crippen molar-refractivity contribution in [2.75, 3.05) is 5.32 Å². The Labute approximate surface area is 121 Å². The summed E-state index contributed by atoms with van der Waals surface area (Å²) in [5.41, 5.74) is 5.10. The normalized spacial score (nSPS) is 10.5. The van der Waals surface area contributed by atoms with Gasteiger partial charge < -0.3 is 5.32 Å². The number of anilines is 1. The number of H-pyrrole nitrogens is 1. The van der Waals surface area contributed by atoms with Crippen molar-refractivity contribution in [1.82, 2.24) is 15.2 Å². The standard InChI is InChI=1S/C16H14N4O/c1-3-15(21)17-12-6-4-5-11(9-12)13-7-8-14-16(18-13)10(2)19-20-14/h3-9H,1H2,2H3,(H,17,21)(H,19,20). The molecule has 0 aliphatic carbocycles. The van der Waals surface area contributed by atoms with Gasteiger partial charge in [-0.2, -0.15) is 5.10 Å². The van der Waals surface area contributed by atoms with Crippen LogP contribution in [-0.4, -0.2) is 21.1 Å². The summed E-state index contributed by atoms with van der Waals surface area (Å²) in [4.78, 5) is 16.0. The molecule has 5 nitrogen and oxygen atoms in total. The third-order valence-corrected chi connectivity index (χ3v) is 3.19. The van der Waals surface area contributed by atoms with E-state index in [9.17, 15) is 4.79 Å². The van der Waals surface area contributed by atoms with Crippen molar-refractivity contribution in [3.8, 4) is 11.3 Å². The molecule has 0 saturated carbocycles. The molecular weight excluding hydrogens is 264 g/mol. The van der Waals surface area contributed by atoms with Gasteiger partial charge in [0.25, 0.3) is 0 Å². The SMILES string of the molecule is C=CC(=O)Nc1cccc(-c2ccc3[nH]nc(C)c3n2)c1. The van der Waals surface area contributed by atoms with Crippen LogP contribution in [0.2, 0.25) is 0 Å². The zero-order chi connectivity index (χ0) is 14.8. The van der Waals surface area contributed by atoms with Gasteiger partial charge in [0, 0.05) is 11.3 Å². The molecule has 0 fully saturated rings. The Hall–Kier alpha value is -2.95. The van der Waals surface area contributed by atoms with Crippen LogP contribution >= 0.6 is 0 Å². The van der Waals surface area contributed by atoms with E-state index in [0.29, 0.717) is 5.69 Å². The van der Waals surface area contributed by atoms with Crippen molar-refractivity contribution in [2.24, 2.45) is 0 Å². The van der Waals surface area contributed by atoms with Crippen molar-refractivity contribution in [3.63, 3.8) is 0 Å². The van der Waals surface area contributed by atoms with Crippen molar-refractivity contribution in [3.05, 3.63) is 54.7 Å². The molecular formula is C16H14N4O. The highest BCUT2D eigenvalue weighted by Crippen LogP contribution is 2.23. The van der Waals surface area contributed by atoms with Gasteiger partial charge in [-0.25, -0.2) is 4.98 Å². The van der Waals surface area contributed by atoms with Gasteiger partial charge >= 0.3 is 0 Å². The fourth-order valence-corrected chi connectivity index (χ4v) is 2.13. The van der Waals surface area contributed by atoms with E-state index in [4.69, 9.17) is 0 Å². The molecule has 0 saturated heterocycles. The van der Waals surface area contributed by atoms with E-state index in [1.807, 2.05) is 43.3 Å². The van der Waals surface area contributed by atoms with E-state index in [0.717, 1.165) is 28.0 Å². The van der Waals surface area contributed by atoms with E-state index < -0.39 is 0 Å². The third-order valence-electron chi connectivity index (χ3n) is 3.19. The lowest BCUT2D eigenvalue weighted by atomic mass is 10.1. The number of aromatic amines is 1. The number of hydrogen-bond donors (Lipinski definition) is 2. The van der Waals surface area contributed by atoms with Crippen molar-refractivity contribution < 1.29 is 4.79 Å². The maximum atomic E-state index is 11.4. The van der Waals surface area contributed by atoms with E-state index in [2.05, 4.69) is 27.1 Å². The van der Waals surface area contributed by atoms with Crippen LogP contribution < -0.4 is 5.32 Å². The van der Waals surface area contributed by atoms with Crippen LogP contribution in [0.4, 0.5) is 5.69 Å². The van der Waals surface area contributed by atoms with Crippen molar-refractivity contribution in [2.45, 2.75) is 6.92 Å². The molecule has 104 valence electrons. The van der Waals surface area contributed by atoms with E-state index >= 15 is 0 Å². The molecule has 1 aromatic carbocycles. The maximum absolute atomic E-state index is 11.4. The molecule has 0 radical (unpaired) electrons. The molecule has 1 amide bonds. The molecule has 21 heavy (non-hydrogen) atoms. The number of pyridine rings is 1. The highest BCUT2D eigenvalue weighted by molar-refractivity contribution is 5.99. The van der Waals surface area contributed by atoms with Gasteiger partial charge in [0.2, 0.25) is 5.91 Å². The molecule has 5 heteroatoms. The van der Waals surface area contributed by atoms with Crippen LogP contribution in [0.25, 0.3) is 22.3 Å². The average molecular weight is 278 g/mol. The predicted octanol–water partition coefficient (Wildman–Crippen LogP) is 3.06. The Balaban J connectivity index is 2.01. The molecule has 0 aliphatic heterocycles. The third kappa shape index (κ3) is 2.53. The number of hydrogen-bond acceptors (Lipinski definition) is 3. The van der Waals surface area contributed by atoms with E-state index in [1.165, 1.54) is 6.08 Å². The van der Waals surface area contributed by atoms with Crippen molar-refractivity contribution >= 4 is 22.6 Å². The lowest BCUT2D eigenvalue weighted by Gasteiger charge is -2.06. The Morgan fingerprint density at radius 3 is 3.00 bits per heavy atom. The predicted molar refractivity (Wildman–Crippen MR) is 82.9 cm³/mol. The van der Waals surface area contributed by atoms with Crippen LogP contribution in [-0.2, 0) is 4.79 Å². The summed E-state index contributed by atoms with van der Waals surface area (Å²) >= 11 is 0. The zero-order valence-corrected chi connectivity index (χ0v) is 11.6. The van der Waals surface area contributed by atoms with Crippen LogP contribution in [0.15, 0.2) is 49.1 Å². The fraction of sp³-hybridized carbons (Fsp3) is 0.0625. The van der Waals surface area contributed by atoms with Gasteiger partial charge in [-0.3, -0.25) is 9.89 Å². The largest absolute Gasteiger partial charge is 0.323 e. The first kappa shape index (κ1) is 13.1. The topological polar surface area (TPSA) is 70.7 Å². The molecule has 2 heterocycles. The molecule has 2 aromatic heterocycles. The number of benzene rings is 1. The Bertz CT molecular complexity index is 835. The smallest absolute Gasteiger partial charge is 0.247 e. The molecule has 3 aromatic rings. The number of carbonyl (C=O) groups excluding carboxylic acids is 1. The first-order valence-corrected chi connectivity index (χ1v) is 6.53. The second-order valence-electron chi connectivity index (χ2n) is 4.68. The van der Waals surface area contributed by atoms with Crippen LogP contribution in [0, 0.1) is 6.92 Å². The number of carbonyl (C=O) groups is 1. The second-order valence-corrected chi connectivity index (χ2v) is 4.68. The molecule has 0 atom stereocenters. The van der Waals surface area contributed by atoms with Gasteiger partial charge in [-0.15, -0.1) is 0 Å². The van der Waals surface area contributed by atoms with E-state index in [-0.39, 0.29) is 5.91 Å². The minimum atomic E-state index is -0.235. The Morgan fingerprint density at radius 2 is 2.19 bits per heavy atom. The molecule has 0 unspecified atom stereocenters. The number of rotatable bonds is 3. The van der Waals surface area contributed by atoms with Crippen LogP contribution in [0.3, 0.4) is 0 Å². The summed E-state index contributed by atoms with van der Waals surface area (Å²) < 4.78 is 0. The monoisotopic (exact) mass is 278 g/mol. The van der Waals surface area contributed by atoms with Crippen molar-refractivity contribution in [1.29, 1.82) is 0 Å². The first-order valence-electron chi connectivity index (χ1n) is 6.53. The number of aryl methyl sites for hydroxylation is 1. The molecule has 2 N–H and O–H groups in total. The lowest BCUT2D eigenvalue weighted by Crippen LogP contribution is -2.07. The lowest BCUT2D eigenvalue weighted by molar-refractivity contribution is -0.111. The first-order chi connectivity index (χ1) is 10.2. The summed E-state index contributed by atoms with van der Waals surface area (Å²) in [7, 11) is 0. The average Bonchev–Trinajstić information content (AvgIpc) is 2.88. The minimum Gasteiger partial charge on any atom is -0.323 e. The number of nitrogens with zero attached hydrogens (tertiary/aromatic N) is 2. The summed E-state index contributed by atoms with van der Waals surface area (Å²) in [5, 5.41) is 9.82. The van der Waals surface area contributed by atoms with Gasteiger partial charge in [-0.1, -0.05) is 18.7 Å². The summed E-state index contributed by atoms with van der Waals surface area (Å²) in [6, 6.07) is 11.4. The van der Waals surface area contributed by atoms with Gasteiger partial charge in [0.15, 0.2) is 0 Å². The summed E-state index contributed by atoms with van der Waals surface area (Å²) in [6.45, 7) is 5.35. The number of aromatic nitrogens is 3. The summed E-state index contributed by atoms with van der Waals surface area (Å²) in [6.07, 6.45) is 1.24. The number of nitrogens with one attached hydrogen (secondary N) is 2. The molecule has 3 rings (SSSR count). The van der Waals surface area contributed by atoms with Crippen LogP contribution in [0.5, 0.6) is 0 Å². The second kappa shape index (κ2) is 5.20. The van der Waals surface area contributed by atoms with E-state index in [1.54, 1.807) is 0 Å². The Morgan fingerprint density at radius 1 is 1.33 bits per heavy atom. The molecule has 0 aliphatic rings.